The maximum atomic E-state index is 12.7. The van der Waals surface area contributed by atoms with E-state index in [1.165, 1.54) is 19.3 Å². The van der Waals surface area contributed by atoms with E-state index in [2.05, 4.69) is 24.1 Å². The normalized spacial score (nSPS) is 20.9. The van der Waals surface area contributed by atoms with Crippen LogP contribution < -0.4 is 0 Å². The molecule has 0 fully saturated rings. The molecule has 0 radical (unpaired) electrons. The Bertz CT molecular complexity index is 662. The number of rotatable bonds is 16. The van der Waals surface area contributed by atoms with Crippen LogP contribution in [0.15, 0.2) is 17.1 Å². The topological polar surface area (TPSA) is 124 Å². The summed E-state index contributed by atoms with van der Waals surface area (Å²) in [5.74, 6) is -0.629. The smallest absolute Gasteiger partial charge is 0.267 e. The minimum Gasteiger partial charge on any atom is -0.390 e. The number of ketones is 1. The van der Waals surface area contributed by atoms with Crippen molar-refractivity contribution >= 4 is 21.7 Å². The van der Waals surface area contributed by atoms with Crippen molar-refractivity contribution in [3.63, 3.8) is 0 Å². The van der Waals surface area contributed by atoms with Gasteiger partial charge in [-0.1, -0.05) is 31.9 Å². The third-order valence-electron chi connectivity index (χ3n) is 5.15. The molecule has 0 aromatic heterocycles. The average Bonchev–Trinajstić information content (AvgIpc) is 3.01. The summed E-state index contributed by atoms with van der Waals surface area (Å²) in [5, 5.41) is 19.5. The SMILES string of the molecule is CCCCC/C=C/CCCCC(=O)C1=NCC[N+]1(CCO)CC(O)CS(=O)(=O)O. The Kier molecular flexibility index (Phi) is 11.8. The molecule has 1 aliphatic heterocycles. The number of carbonyl (C=O) groups is 1. The van der Waals surface area contributed by atoms with Crippen molar-refractivity contribution in [1.29, 1.82) is 0 Å². The molecule has 3 N–H and O–H groups in total. The van der Waals surface area contributed by atoms with E-state index >= 15 is 0 Å². The van der Waals surface area contributed by atoms with Gasteiger partial charge in [-0.2, -0.15) is 8.42 Å². The Labute approximate surface area is 174 Å². The van der Waals surface area contributed by atoms with E-state index in [9.17, 15) is 23.4 Å². The van der Waals surface area contributed by atoms with Crippen molar-refractivity contribution in [3.8, 4) is 0 Å². The standard InChI is InChI=1S/C20H36N2O6S/c1-2-3-4-5-6-7-8-9-10-11-19(25)20-21-12-13-22(20,14-15-23)16-18(24)17-29(26,27)28/h6-7,18,23-24H,2-5,8-17H2,1H3/p+1/b7-6+. The van der Waals surface area contributed by atoms with E-state index in [1.54, 1.807) is 0 Å². The number of allylic oxidation sites excluding steroid dienone is 2. The summed E-state index contributed by atoms with van der Waals surface area (Å²) in [7, 11) is -4.33. The fourth-order valence-corrected chi connectivity index (χ4v) is 4.33. The molecule has 0 amide bonds. The molecular weight excluding hydrogens is 396 g/mol. The van der Waals surface area contributed by atoms with Crippen LogP contribution in [0.5, 0.6) is 0 Å². The zero-order valence-corrected chi connectivity index (χ0v) is 18.3. The van der Waals surface area contributed by atoms with Gasteiger partial charge in [0, 0.05) is 6.42 Å². The van der Waals surface area contributed by atoms with Gasteiger partial charge in [-0.25, -0.2) is 4.99 Å². The number of carbonyl (C=O) groups excluding carboxylic acids is 1. The van der Waals surface area contributed by atoms with Crippen molar-refractivity contribution in [3.05, 3.63) is 12.2 Å². The van der Waals surface area contributed by atoms with Crippen molar-refractivity contribution in [2.75, 3.05) is 38.5 Å². The van der Waals surface area contributed by atoms with E-state index in [4.69, 9.17) is 4.55 Å². The Morgan fingerprint density at radius 3 is 2.45 bits per heavy atom. The van der Waals surface area contributed by atoms with Crippen molar-refractivity contribution < 1.29 is 32.5 Å². The number of aliphatic hydroxyl groups excluding tert-OH is 2. The Balaban J connectivity index is 2.54. The fourth-order valence-electron chi connectivity index (χ4n) is 3.74. The lowest BCUT2D eigenvalue weighted by Crippen LogP contribution is -2.59. The third kappa shape index (κ3) is 9.95. The van der Waals surface area contributed by atoms with Gasteiger partial charge in [0.1, 0.15) is 31.5 Å². The Hall–Kier alpha value is -1.13. The summed E-state index contributed by atoms with van der Waals surface area (Å²) >= 11 is 0. The molecule has 0 aromatic carbocycles. The van der Waals surface area contributed by atoms with E-state index < -0.39 is 22.0 Å². The highest BCUT2D eigenvalue weighted by Gasteiger charge is 2.43. The number of quaternary nitrogens is 1. The van der Waals surface area contributed by atoms with Gasteiger partial charge < -0.3 is 10.2 Å². The summed E-state index contributed by atoms with van der Waals surface area (Å²) in [4.78, 5) is 17.0. The van der Waals surface area contributed by atoms with E-state index in [0.29, 0.717) is 25.3 Å². The lowest BCUT2D eigenvalue weighted by atomic mass is 10.1. The van der Waals surface area contributed by atoms with Crippen molar-refractivity contribution in [2.45, 2.75) is 64.4 Å². The number of amidine groups is 1. The molecule has 0 aliphatic carbocycles. The van der Waals surface area contributed by atoms with Crippen LogP contribution in [0.3, 0.4) is 0 Å². The van der Waals surface area contributed by atoms with Crippen LogP contribution in [0.1, 0.15) is 58.3 Å². The van der Waals surface area contributed by atoms with Crippen molar-refractivity contribution in [1.82, 2.24) is 0 Å². The molecule has 1 aliphatic rings. The molecule has 9 heteroatoms. The molecule has 8 nitrogen and oxygen atoms in total. The molecule has 0 aromatic rings. The van der Waals surface area contributed by atoms with Gasteiger partial charge >= 0.3 is 0 Å². The molecule has 1 heterocycles. The highest BCUT2D eigenvalue weighted by Crippen LogP contribution is 2.19. The molecule has 2 atom stereocenters. The number of Topliss-reactive ketones (excluding diaryl/α,β-unsaturated/α-hetero) is 1. The first-order valence-corrected chi connectivity index (χ1v) is 12.2. The van der Waals surface area contributed by atoms with Gasteiger partial charge in [-0.3, -0.25) is 13.8 Å². The summed E-state index contributed by atoms with van der Waals surface area (Å²) in [6.45, 7) is 2.87. The number of hydrogen-bond donors (Lipinski definition) is 3. The molecular formula is C20H37N2O6S+. The molecule has 0 saturated heterocycles. The molecule has 2 unspecified atom stereocenters. The summed E-state index contributed by atoms with van der Waals surface area (Å²) < 4.78 is 31.0. The highest BCUT2D eigenvalue weighted by atomic mass is 32.2. The van der Waals surface area contributed by atoms with E-state index in [0.717, 1.165) is 25.7 Å². The number of hydrogen-bond acceptors (Lipinski definition) is 6. The second-order valence-electron chi connectivity index (χ2n) is 7.74. The maximum absolute atomic E-state index is 12.7. The van der Waals surface area contributed by atoms with Crippen LogP contribution in [-0.2, 0) is 14.9 Å². The van der Waals surface area contributed by atoms with Crippen molar-refractivity contribution in [2.24, 2.45) is 4.99 Å². The van der Waals surface area contributed by atoms with Crippen LogP contribution in [-0.4, -0.2) is 83.9 Å². The van der Waals surface area contributed by atoms with Gasteiger partial charge in [-0.15, -0.1) is 0 Å². The van der Waals surface area contributed by atoms with E-state index in [1.807, 2.05) is 0 Å². The number of nitrogens with zero attached hydrogens (tertiary/aromatic N) is 2. The predicted octanol–water partition coefficient (Wildman–Crippen LogP) is 1.72. The van der Waals surface area contributed by atoms with Gasteiger partial charge in [-0.05, 0) is 32.1 Å². The van der Waals surface area contributed by atoms with Gasteiger partial charge in [0.2, 0.25) is 5.78 Å². The molecule has 168 valence electrons. The number of aliphatic imine (C=N–C) groups is 1. The minimum atomic E-state index is -4.33. The Morgan fingerprint density at radius 2 is 1.86 bits per heavy atom. The number of unbranched alkanes of at least 4 members (excludes halogenated alkanes) is 5. The van der Waals surface area contributed by atoms with Gasteiger partial charge in [0.05, 0.1) is 13.2 Å². The lowest BCUT2D eigenvalue weighted by Gasteiger charge is -2.34. The van der Waals surface area contributed by atoms with E-state index in [-0.39, 0.29) is 30.0 Å². The number of aliphatic hydroxyl groups is 2. The fraction of sp³-hybridized carbons (Fsp3) is 0.800. The van der Waals surface area contributed by atoms with Crippen LogP contribution in [0.2, 0.25) is 0 Å². The summed E-state index contributed by atoms with van der Waals surface area (Å²) in [6, 6.07) is 0. The first kappa shape index (κ1) is 25.9. The third-order valence-corrected chi connectivity index (χ3v) is 5.95. The summed E-state index contributed by atoms with van der Waals surface area (Å²) in [5.41, 5.74) is 0. The van der Waals surface area contributed by atoms with Crippen LogP contribution in [0.4, 0.5) is 0 Å². The quantitative estimate of drug-likeness (QED) is 0.147. The van der Waals surface area contributed by atoms with Gasteiger partial charge in [0.15, 0.2) is 0 Å². The van der Waals surface area contributed by atoms with Crippen LogP contribution in [0.25, 0.3) is 0 Å². The second kappa shape index (κ2) is 13.2. The van der Waals surface area contributed by atoms with Gasteiger partial charge in [0.25, 0.3) is 16.0 Å². The zero-order valence-electron chi connectivity index (χ0n) is 17.5. The first-order chi connectivity index (χ1) is 13.7. The average molecular weight is 434 g/mol. The first-order valence-electron chi connectivity index (χ1n) is 10.6. The largest absolute Gasteiger partial charge is 0.390 e. The highest BCUT2D eigenvalue weighted by molar-refractivity contribution is 7.85. The lowest BCUT2D eigenvalue weighted by molar-refractivity contribution is -0.837. The minimum absolute atomic E-state index is 0.0383. The molecule has 29 heavy (non-hydrogen) atoms. The Morgan fingerprint density at radius 1 is 1.21 bits per heavy atom. The molecule has 1 rings (SSSR count). The molecule has 0 bridgehead atoms. The monoisotopic (exact) mass is 433 g/mol. The predicted molar refractivity (Wildman–Crippen MR) is 113 cm³/mol. The molecule has 0 spiro atoms. The van der Waals surface area contributed by atoms with Crippen LogP contribution >= 0.6 is 0 Å². The second-order valence-corrected chi connectivity index (χ2v) is 9.24. The zero-order chi connectivity index (χ0) is 21.8. The molecule has 0 saturated carbocycles. The maximum Gasteiger partial charge on any atom is 0.267 e. The van der Waals surface area contributed by atoms with Crippen LogP contribution in [0, 0.1) is 0 Å². The summed E-state index contributed by atoms with van der Waals surface area (Å²) in [6.07, 6.45) is 10.7.